The molecule has 1 aliphatic carbocycles. The molecule has 27 heavy (non-hydrogen) atoms. The van der Waals surface area contributed by atoms with Crippen LogP contribution in [-0.2, 0) is 16.1 Å². The van der Waals surface area contributed by atoms with Gasteiger partial charge in [0.2, 0.25) is 0 Å². The molecule has 3 N–H and O–H groups in total. The topological polar surface area (TPSA) is 91.6 Å². The van der Waals surface area contributed by atoms with Gasteiger partial charge in [0.1, 0.15) is 11.9 Å². The van der Waals surface area contributed by atoms with E-state index in [-0.39, 0.29) is 6.54 Å². The summed E-state index contributed by atoms with van der Waals surface area (Å²) in [6.45, 7) is 0.726. The molecule has 0 fully saturated rings. The monoisotopic (exact) mass is 388 g/mol. The van der Waals surface area contributed by atoms with Gasteiger partial charge in [0.15, 0.2) is 0 Å². The summed E-state index contributed by atoms with van der Waals surface area (Å²) in [7, 11) is 0. The number of carbonyl (C=O) groups excluding carboxylic acids is 2. The number of carbonyl (C=O) groups is 2. The van der Waals surface area contributed by atoms with Gasteiger partial charge in [-0.1, -0.05) is 11.6 Å². The van der Waals surface area contributed by atoms with E-state index in [2.05, 4.69) is 16.7 Å². The summed E-state index contributed by atoms with van der Waals surface area (Å²) < 4.78 is 5.20. The molecular weight excluding hydrogens is 364 g/mol. The first-order valence-electron chi connectivity index (χ1n) is 9.17. The number of thiophene rings is 1. The van der Waals surface area contributed by atoms with Crippen LogP contribution in [0.15, 0.2) is 46.6 Å². The van der Waals surface area contributed by atoms with E-state index in [0.29, 0.717) is 12.3 Å². The molecule has 0 saturated heterocycles. The Kier molecular flexibility index (Phi) is 6.84. The maximum atomic E-state index is 11.9. The summed E-state index contributed by atoms with van der Waals surface area (Å²) >= 11 is 1.37. The van der Waals surface area contributed by atoms with Gasteiger partial charge in [0, 0.05) is 16.3 Å². The van der Waals surface area contributed by atoms with Crippen LogP contribution in [0.1, 0.15) is 53.7 Å². The Morgan fingerprint density at radius 3 is 2.78 bits per heavy atom. The number of amides is 2. The third-order valence-electron chi connectivity index (χ3n) is 4.51. The van der Waals surface area contributed by atoms with Gasteiger partial charge in [0.25, 0.3) is 0 Å². The normalized spacial score (nSPS) is 15.1. The van der Waals surface area contributed by atoms with Gasteiger partial charge in [-0.15, -0.1) is 11.3 Å². The third-order valence-corrected chi connectivity index (χ3v) is 5.65. The number of furan rings is 1. The predicted octanol–water partition coefficient (Wildman–Crippen LogP) is 3.05. The largest absolute Gasteiger partial charge is 0.466 e. The molecule has 1 aliphatic rings. The van der Waals surface area contributed by atoms with E-state index in [9.17, 15) is 14.7 Å². The molecule has 7 heteroatoms. The summed E-state index contributed by atoms with van der Waals surface area (Å²) in [5, 5.41) is 15.5. The highest BCUT2D eigenvalue weighted by Gasteiger charge is 2.17. The zero-order valence-electron chi connectivity index (χ0n) is 15.1. The fraction of sp³-hybridized carbons (Fsp3) is 0.400. The van der Waals surface area contributed by atoms with E-state index in [1.807, 2.05) is 6.07 Å². The number of aliphatic hydroxyl groups is 1. The van der Waals surface area contributed by atoms with Crippen molar-refractivity contribution in [3.05, 3.63) is 57.7 Å². The lowest BCUT2D eigenvalue weighted by atomic mass is 9.97. The summed E-state index contributed by atoms with van der Waals surface area (Å²) in [5.74, 6) is -0.784. The Bertz CT molecular complexity index is 795. The van der Waals surface area contributed by atoms with Crippen LogP contribution < -0.4 is 10.6 Å². The number of allylic oxidation sites excluding steroid dienone is 1. The molecule has 144 valence electrons. The second-order valence-corrected chi connectivity index (χ2v) is 7.72. The molecular formula is C20H24N2O4S. The lowest BCUT2D eigenvalue weighted by molar-refractivity contribution is -0.139. The third kappa shape index (κ3) is 5.55. The summed E-state index contributed by atoms with van der Waals surface area (Å²) in [5.41, 5.74) is 1.36. The first-order valence-corrected chi connectivity index (χ1v) is 9.99. The van der Waals surface area contributed by atoms with Crippen molar-refractivity contribution in [3.63, 3.8) is 0 Å². The number of hydrogen-bond donors (Lipinski definition) is 3. The maximum Gasteiger partial charge on any atom is 0.309 e. The molecule has 0 radical (unpaired) electrons. The highest BCUT2D eigenvalue weighted by molar-refractivity contribution is 7.12. The fourth-order valence-corrected chi connectivity index (χ4v) is 3.97. The van der Waals surface area contributed by atoms with Crippen LogP contribution >= 0.6 is 11.3 Å². The lowest BCUT2D eigenvalue weighted by Crippen LogP contribution is -2.39. The number of hydrogen-bond acceptors (Lipinski definition) is 5. The molecule has 2 aromatic heterocycles. The molecule has 0 spiro atoms. The van der Waals surface area contributed by atoms with Crippen LogP contribution in [0.5, 0.6) is 0 Å². The molecule has 0 saturated carbocycles. The van der Waals surface area contributed by atoms with E-state index in [0.717, 1.165) is 29.0 Å². The van der Waals surface area contributed by atoms with Gasteiger partial charge >= 0.3 is 11.8 Å². The zero-order chi connectivity index (χ0) is 19.1. The summed E-state index contributed by atoms with van der Waals surface area (Å²) in [6, 6.07) is 7.04. The van der Waals surface area contributed by atoms with Gasteiger partial charge in [-0.3, -0.25) is 9.59 Å². The van der Waals surface area contributed by atoms with Crippen LogP contribution in [0.4, 0.5) is 0 Å². The molecule has 0 aromatic carbocycles. The van der Waals surface area contributed by atoms with Gasteiger partial charge in [-0.2, -0.15) is 0 Å². The van der Waals surface area contributed by atoms with E-state index in [4.69, 9.17) is 4.42 Å². The van der Waals surface area contributed by atoms with Crippen molar-refractivity contribution in [1.29, 1.82) is 0 Å². The average molecular weight is 388 g/mol. The van der Waals surface area contributed by atoms with Crippen molar-refractivity contribution < 1.29 is 19.1 Å². The molecule has 2 heterocycles. The number of rotatable bonds is 7. The van der Waals surface area contributed by atoms with Gasteiger partial charge in [-0.05, 0) is 56.4 Å². The minimum Gasteiger partial charge on any atom is -0.466 e. The van der Waals surface area contributed by atoms with E-state index in [1.165, 1.54) is 36.0 Å². The minimum atomic E-state index is -0.827. The summed E-state index contributed by atoms with van der Waals surface area (Å²) in [4.78, 5) is 25.4. The first-order chi connectivity index (χ1) is 13.1. The van der Waals surface area contributed by atoms with Gasteiger partial charge < -0.3 is 20.2 Å². The zero-order valence-corrected chi connectivity index (χ0v) is 15.9. The minimum absolute atomic E-state index is 0.243. The molecule has 0 bridgehead atoms. The van der Waals surface area contributed by atoms with Crippen LogP contribution in [0.25, 0.3) is 0 Å². The van der Waals surface area contributed by atoms with Crippen molar-refractivity contribution in [2.45, 2.75) is 44.8 Å². The Balaban J connectivity index is 1.40. The summed E-state index contributed by atoms with van der Waals surface area (Å²) in [6.07, 6.45) is 8.37. The quantitative estimate of drug-likeness (QED) is 0.502. The van der Waals surface area contributed by atoms with Crippen LogP contribution in [0.3, 0.4) is 0 Å². The average Bonchev–Trinajstić information content (AvgIpc) is 3.38. The van der Waals surface area contributed by atoms with E-state index < -0.39 is 17.9 Å². The lowest BCUT2D eigenvalue weighted by Gasteiger charge is -2.12. The second-order valence-electron chi connectivity index (χ2n) is 6.52. The highest BCUT2D eigenvalue weighted by atomic mass is 32.1. The smallest absolute Gasteiger partial charge is 0.309 e. The standard InChI is InChI=1S/C20H24N2O4S/c23-18(16-7-4-12-26-16)17-9-8-15(27-17)13-22-20(25)19(24)21-11-10-14-5-2-1-3-6-14/h4-5,7-9,12,18,23H,1-3,6,10-11,13H2,(H,21,24)(H,22,25)/t18-/m0/s1. The van der Waals surface area contributed by atoms with E-state index >= 15 is 0 Å². The SMILES string of the molecule is O=C(NCCC1=CCCCC1)C(=O)NCc1ccc([C@@H](O)c2ccco2)s1. The molecule has 3 rings (SSSR count). The van der Waals surface area contributed by atoms with Crippen molar-refractivity contribution in [1.82, 2.24) is 10.6 Å². The Hall–Kier alpha value is -2.38. The molecule has 2 amide bonds. The number of aliphatic hydroxyl groups excluding tert-OH is 1. The Labute approximate surface area is 162 Å². The van der Waals surface area contributed by atoms with Crippen molar-refractivity contribution in [3.8, 4) is 0 Å². The van der Waals surface area contributed by atoms with Crippen molar-refractivity contribution >= 4 is 23.2 Å². The maximum absolute atomic E-state index is 11.9. The van der Waals surface area contributed by atoms with Gasteiger partial charge in [-0.25, -0.2) is 0 Å². The molecule has 0 unspecified atom stereocenters. The second kappa shape index (κ2) is 9.53. The Morgan fingerprint density at radius 2 is 2.04 bits per heavy atom. The molecule has 0 aliphatic heterocycles. The molecule has 2 aromatic rings. The Morgan fingerprint density at radius 1 is 1.19 bits per heavy atom. The molecule has 1 atom stereocenters. The fourth-order valence-electron chi connectivity index (χ4n) is 3.02. The first kappa shape index (κ1) is 19.4. The van der Waals surface area contributed by atoms with E-state index in [1.54, 1.807) is 18.2 Å². The van der Waals surface area contributed by atoms with Crippen molar-refractivity contribution in [2.24, 2.45) is 0 Å². The predicted molar refractivity (Wildman–Crippen MR) is 103 cm³/mol. The van der Waals surface area contributed by atoms with Crippen LogP contribution in [0, 0.1) is 0 Å². The highest BCUT2D eigenvalue weighted by Crippen LogP contribution is 2.28. The van der Waals surface area contributed by atoms with Crippen molar-refractivity contribution in [2.75, 3.05) is 6.54 Å². The number of nitrogens with one attached hydrogen (secondary N) is 2. The molecule has 6 nitrogen and oxygen atoms in total. The van der Waals surface area contributed by atoms with Crippen LogP contribution in [-0.4, -0.2) is 23.5 Å². The van der Waals surface area contributed by atoms with Gasteiger partial charge in [0.05, 0.1) is 12.8 Å². The van der Waals surface area contributed by atoms with Crippen LogP contribution in [0.2, 0.25) is 0 Å².